The van der Waals surface area contributed by atoms with Crippen LogP contribution < -0.4 is 0 Å². The van der Waals surface area contributed by atoms with Gasteiger partial charge in [-0.25, -0.2) is 0 Å². The van der Waals surface area contributed by atoms with E-state index in [1.807, 2.05) is 6.92 Å². The Kier molecular flexibility index (Phi) is 7.71. The smallest absolute Gasteiger partial charge is 0.0768 e. The van der Waals surface area contributed by atoms with E-state index >= 15 is 0 Å². The van der Waals surface area contributed by atoms with Crippen LogP contribution in [0.5, 0.6) is 0 Å². The molecule has 0 amide bonds. The van der Waals surface area contributed by atoms with Crippen LogP contribution in [0.15, 0.2) is 84.9 Å². The van der Waals surface area contributed by atoms with Crippen molar-refractivity contribution < 1.29 is 5.11 Å². The number of hydrogen-bond acceptors (Lipinski definition) is 1. The van der Waals surface area contributed by atoms with Crippen molar-refractivity contribution in [3.05, 3.63) is 107 Å². The molecule has 1 nitrogen and oxygen atoms in total. The average Bonchev–Trinajstić information content (AvgIpc) is 2.86. The van der Waals surface area contributed by atoms with Gasteiger partial charge in [-0.15, -0.1) is 0 Å². The van der Waals surface area contributed by atoms with E-state index in [2.05, 4.69) is 147 Å². The van der Waals surface area contributed by atoms with Gasteiger partial charge >= 0.3 is 0 Å². The second-order valence-corrected chi connectivity index (χ2v) is 14.1. The maximum atomic E-state index is 11.0. The summed E-state index contributed by atoms with van der Waals surface area (Å²) in [5.41, 5.74) is 12.0. The summed E-state index contributed by atoms with van der Waals surface area (Å²) in [7, 11) is 0. The van der Waals surface area contributed by atoms with Crippen molar-refractivity contribution in [1.82, 2.24) is 0 Å². The molecule has 0 aliphatic rings. The summed E-state index contributed by atoms with van der Waals surface area (Å²) in [6.07, 6.45) is -0.591. The Morgan fingerprint density at radius 3 is 1.00 bits per heavy atom. The first-order valence-electron chi connectivity index (χ1n) is 14.2. The average molecular weight is 519 g/mol. The van der Waals surface area contributed by atoms with E-state index in [-0.39, 0.29) is 16.2 Å². The van der Waals surface area contributed by atoms with E-state index in [1.165, 1.54) is 27.8 Å². The molecule has 0 aliphatic carbocycles. The van der Waals surface area contributed by atoms with Crippen molar-refractivity contribution in [2.45, 2.75) is 91.6 Å². The van der Waals surface area contributed by atoms with Crippen molar-refractivity contribution in [2.24, 2.45) is 0 Å². The van der Waals surface area contributed by atoms with Crippen molar-refractivity contribution in [3.8, 4) is 33.4 Å². The first-order valence-corrected chi connectivity index (χ1v) is 14.2. The molecular formula is C38H46O. The Bertz CT molecular complexity index is 1410. The third-order valence-corrected chi connectivity index (χ3v) is 7.83. The number of aliphatic hydroxyl groups excluding tert-OH is 1. The van der Waals surface area contributed by atoms with E-state index in [0.29, 0.717) is 0 Å². The van der Waals surface area contributed by atoms with Gasteiger partial charge in [-0.3, -0.25) is 0 Å². The Labute approximate surface area is 237 Å². The minimum atomic E-state index is -0.591. The second-order valence-electron chi connectivity index (χ2n) is 14.1. The molecule has 0 spiro atoms. The molecule has 0 aromatic heterocycles. The Morgan fingerprint density at radius 1 is 0.436 bits per heavy atom. The Hall–Kier alpha value is -3.16. The third-order valence-electron chi connectivity index (χ3n) is 7.83. The lowest BCUT2D eigenvalue weighted by Gasteiger charge is -2.23. The largest absolute Gasteiger partial charge is 0.389 e. The highest BCUT2D eigenvalue weighted by Crippen LogP contribution is 2.41. The molecule has 39 heavy (non-hydrogen) atoms. The molecule has 0 radical (unpaired) electrons. The van der Waals surface area contributed by atoms with Crippen LogP contribution in [0.2, 0.25) is 0 Å². The van der Waals surface area contributed by atoms with Gasteiger partial charge in [0.1, 0.15) is 0 Å². The molecule has 0 fully saturated rings. The summed E-state index contributed by atoms with van der Waals surface area (Å²) >= 11 is 0. The Balaban J connectivity index is 1.95. The molecule has 4 rings (SSSR count). The molecule has 0 heterocycles. The van der Waals surface area contributed by atoms with Crippen LogP contribution in [-0.2, 0) is 16.2 Å². The zero-order valence-corrected chi connectivity index (χ0v) is 25.6. The van der Waals surface area contributed by atoms with Crippen LogP contribution in [0.3, 0.4) is 0 Å². The minimum Gasteiger partial charge on any atom is -0.389 e. The molecule has 1 heteroatoms. The fraction of sp³-hybridized carbons (Fsp3) is 0.368. The number of benzene rings is 4. The van der Waals surface area contributed by atoms with E-state index < -0.39 is 6.10 Å². The normalized spacial score (nSPS) is 13.4. The minimum absolute atomic E-state index is 0.0919. The lowest BCUT2D eigenvalue weighted by Crippen LogP contribution is -2.11. The first-order chi connectivity index (χ1) is 18.1. The highest BCUT2D eigenvalue weighted by molar-refractivity contribution is 5.89. The standard InChI is InChI=1S/C38H46O/c1-25(39)32-23-34(27-13-19-30(20-14-27)37(5,6)7)35(28-15-21-31(22-16-28)38(8,9)10)24-33(32)26-11-17-29(18-12-26)36(2,3)4/h11-25,39H,1-10H3/t25-/m0/s1. The molecule has 0 aliphatic heterocycles. The fourth-order valence-corrected chi connectivity index (χ4v) is 5.14. The first kappa shape index (κ1) is 28.8. The SMILES string of the molecule is C[C@H](O)c1cc(-c2ccc(C(C)(C)C)cc2)c(-c2ccc(C(C)(C)C)cc2)cc1-c1ccc(C(C)(C)C)cc1. The highest BCUT2D eigenvalue weighted by atomic mass is 16.3. The van der Waals surface area contributed by atoms with Gasteiger partial charge in [-0.05, 0) is 90.9 Å². The number of aliphatic hydroxyl groups is 1. The van der Waals surface area contributed by atoms with Crippen LogP contribution in [0.1, 0.15) is 97.6 Å². The summed E-state index contributed by atoms with van der Waals surface area (Å²) < 4.78 is 0. The summed E-state index contributed by atoms with van der Waals surface area (Å²) in [5.74, 6) is 0. The lowest BCUT2D eigenvalue weighted by molar-refractivity contribution is 0.200. The number of hydrogen-bond donors (Lipinski definition) is 1. The Morgan fingerprint density at radius 2 is 0.718 bits per heavy atom. The van der Waals surface area contributed by atoms with Crippen molar-refractivity contribution in [1.29, 1.82) is 0 Å². The van der Waals surface area contributed by atoms with Crippen LogP contribution in [0, 0.1) is 0 Å². The summed E-state index contributed by atoms with van der Waals surface area (Å²) in [6, 6.07) is 31.3. The predicted octanol–water partition coefficient (Wildman–Crippen LogP) is 10.6. The van der Waals surface area contributed by atoms with Crippen LogP contribution in [0.25, 0.3) is 33.4 Å². The molecule has 4 aromatic carbocycles. The quantitative estimate of drug-likeness (QED) is 0.285. The van der Waals surface area contributed by atoms with Gasteiger partial charge < -0.3 is 5.11 Å². The molecular weight excluding hydrogens is 472 g/mol. The maximum absolute atomic E-state index is 11.0. The van der Waals surface area contributed by atoms with Crippen molar-refractivity contribution in [3.63, 3.8) is 0 Å². The summed E-state index contributed by atoms with van der Waals surface area (Å²) in [5, 5.41) is 11.0. The van der Waals surface area contributed by atoms with E-state index in [9.17, 15) is 5.11 Å². The van der Waals surface area contributed by atoms with E-state index in [1.54, 1.807) is 0 Å². The molecule has 0 bridgehead atoms. The monoisotopic (exact) mass is 518 g/mol. The number of rotatable bonds is 4. The molecule has 0 saturated carbocycles. The highest BCUT2D eigenvalue weighted by Gasteiger charge is 2.20. The fourth-order valence-electron chi connectivity index (χ4n) is 5.14. The van der Waals surface area contributed by atoms with Crippen LogP contribution in [0.4, 0.5) is 0 Å². The molecule has 0 saturated heterocycles. The predicted molar refractivity (Wildman–Crippen MR) is 169 cm³/mol. The molecule has 204 valence electrons. The third kappa shape index (κ3) is 6.36. The van der Waals surface area contributed by atoms with Crippen LogP contribution in [-0.4, -0.2) is 5.11 Å². The van der Waals surface area contributed by atoms with Crippen molar-refractivity contribution >= 4 is 0 Å². The van der Waals surface area contributed by atoms with Gasteiger partial charge in [0, 0.05) is 0 Å². The lowest BCUT2D eigenvalue weighted by atomic mass is 9.82. The van der Waals surface area contributed by atoms with Crippen LogP contribution >= 0.6 is 0 Å². The zero-order valence-electron chi connectivity index (χ0n) is 25.6. The molecule has 1 N–H and O–H groups in total. The van der Waals surface area contributed by atoms with Gasteiger partial charge in [0.25, 0.3) is 0 Å². The van der Waals surface area contributed by atoms with E-state index in [4.69, 9.17) is 0 Å². The van der Waals surface area contributed by atoms with E-state index in [0.717, 1.165) is 27.8 Å². The van der Waals surface area contributed by atoms with Gasteiger partial charge in [0.05, 0.1) is 6.10 Å². The second kappa shape index (κ2) is 10.4. The topological polar surface area (TPSA) is 20.2 Å². The van der Waals surface area contributed by atoms with Gasteiger partial charge in [0.15, 0.2) is 0 Å². The van der Waals surface area contributed by atoms with Gasteiger partial charge in [0.2, 0.25) is 0 Å². The molecule has 1 atom stereocenters. The summed E-state index contributed by atoms with van der Waals surface area (Å²) in [4.78, 5) is 0. The van der Waals surface area contributed by atoms with Crippen molar-refractivity contribution in [2.75, 3.05) is 0 Å². The maximum Gasteiger partial charge on any atom is 0.0768 e. The van der Waals surface area contributed by atoms with Gasteiger partial charge in [-0.2, -0.15) is 0 Å². The molecule has 0 unspecified atom stereocenters. The zero-order chi connectivity index (χ0) is 28.8. The summed E-state index contributed by atoms with van der Waals surface area (Å²) in [6.45, 7) is 22.1. The molecule has 4 aromatic rings. The van der Waals surface area contributed by atoms with Gasteiger partial charge in [-0.1, -0.05) is 135 Å².